The Morgan fingerprint density at radius 1 is 0.707 bits per heavy atom. The molecular weight excluding hydrogens is 517 g/mol. The summed E-state index contributed by atoms with van der Waals surface area (Å²) in [7, 11) is 1.09. The van der Waals surface area contributed by atoms with Crippen molar-refractivity contribution < 1.29 is 4.74 Å². The molecule has 4 aromatic rings. The highest BCUT2D eigenvalue weighted by Gasteiger charge is 2.54. The quantitative estimate of drug-likeness (QED) is 0.194. The summed E-state index contributed by atoms with van der Waals surface area (Å²) in [6.07, 6.45) is 12.9. The molecule has 0 unspecified atom stereocenters. The zero-order valence-corrected chi connectivity index (χ0v) is 24.9. The van der Waals surface area contributed by atoms with Crippen molar-refractivity contribution in [3.05, 3.63) is 121 Å². The summed E-state index contributed by atoms with van der Waals surface area (Å²) >= 11 is 0. The van der Waals surface area contributed by atoms with Gasteiger partial charge in [-0.25, -0.2) is 0 Å². The fraction of sp³-hybridized carbons (Fsp3) is 0.316. The predicted octanol–water partition coefficient (Wildman–Crippen LogP) is 7.94. The predicted molar refractivity (Wildman–Crippen MR) is 175 cm³/mol. The van der Waals surface area contributed by atoms with Crippen LogP contribution in [0.5, 0.6) is 5.75 Å². The molecule has 0 aliphatic heterocycles. The van der Waals surface area contributed by atoms with Crippen molar-refractivity contribution in [2.75, 3.05) is 18.6 Å². The van der Waals surface area contributed by atoms with Crippen LogP contribution in [0, 0.1) is 17.8 Å². The number of hydrogen-bond donors (Lipinski definition) is 0. The summed E-state index contributed by atoms with van der Waals surface area (Å²) in [5.41, 5.74) is 2.76. The number of nitrogens with zero attached hydrogens (tertiary/aromatic N) is 1. The zero-order valence-electron chi connectivity index (χ0n) is 24.0. The molecule has 4 aromatic carbocycles. The van der Waals surface area contributed by atoms with Gasteiger partial charge < -0.3 is 9.64 Å². The van der Waals surface area contributed by atoms with E-state index in [-0.39, 0.29) is 5.54 Å². The summed E-state index contributed by atoms with van der Waals surface area (Å²) in [6.45, 7) is 0.890. The SMILES string of the molecule is COc1cccc(P(c2ccccc2)c2ccccc2)c1N(C/C=C\c1ccccc1)C12CC3CC(CC(C3)C1)C2. The standard InChI is InChI=1S/C38H40NOP/c1-40-35-20-11-21-36(41(33-16-7-3-8-17-33)34-18-9-4-10-19-34)37(35)39(22-12-15-29-13-5-2-6-14-29)38-26-30-23-31(27-38)25-32(24-30)28-38/h2-21,30-32H,22-28H2,1H3/b15-12-. The van der Waals surface area contributed by atoms with E-state index in [1.807, 2.05) is 7.11 Å². The number of ether oxygens (including phenoxy) is 1. The van der Waals surface area contributed by atoms with Crippen molar-refractivity contribution in [3.8, 4) is 5.75 Å². The van der Waals surface area contributed by atoms with Crippen LogP contribution >= 0.6 is 7.92 Å². The molecule has 0 atom stereocenters. The number of methoxy groups -OCH3 is 1. The van der Waals surface area contributed by atoms with E-state index < -0.39 is 7.92 Å². The van der Waals surface area contributed by atoms with E-state index in [0.29, 0.717) is 0 Å². The van der Waals surface area contributed by atoms with Crippen LogP contribution in [0.2, 0.25) is 0 Å². The molecule has 0 radical (unpaired) electrons. The molecule has 4 bridgehead atoms. The average Bonchev–Trinajstić information content (AvgIpc) is 3.00. The van der Waals surface area contributed by atoms with Gasteiger partial charge in [0.25, 0.3) is 0 Å². The maximum atomic E-state index is 6.26. The number of benzene rings is 4. The minimum atomic E-state index is -0.767. The Kier molecular flexibility index (Phi) is 7.44. The second-order valence-corrected chi connectivity index (χ2v) is 14.6. The second kappa shape index (κ2) is 11.5. The molecule has 2 nitrogen and oxygen atoms in total. The van der Waals surface area contributed by atoms with Crippen LogP contribution in [0.15, 0.2) is 115 Å². The van der Waals surface area contributed by atoms with E-state index in [2.05, 4.69) is 126 Å². The minimum absolute atomic E-state index is 0.188. The van der Waals surface area contributed by atoms with Crippen molar-refractivity contribution in [3.63, 3.8) is 0 Å². The number of anilines is 1. The van der Waals surface area contributed by atoms with Gasteiger partial charge in [-0.3, -0.25) is 0 Å². The molecule has 0 aromatic heterocycles. The van der Waals surface area contributed by atoms with Crippen LogP contribution in [0.3, 0.4) is 0 Å². The topological polar surface area (TPSA) is 12.5 Å². The third kappa shape index (κ3) is 5.24. The fourth-order valence-corrected chi connectivity index (χ4v) is 11.0. The van der Waals surface area contributed by atoms with Crippen LogP contribution in [0.25, 0.3) is 6.08 Å². The molecular formula is C38H40NOP. The first-order valence-electron chi connectivity index (χ1n) is 15.3. The van der Waals surface area contributed by atoms with Gasteiger partial charge in [0.1, 0.15) is 5.75 Å². The third-order valence-electron chi connectivity index (χ3n) is 9.71. The molecule has 0 amide bonds. The Morgan fingerprint density at radius 3 is 1.78 bits per heavy atom. The number of rotatable bonds is 9. The van der Waals surface area contributed by atoms with Gasteiger partial charge >= 0.3 is 0 Å². The first kappa shape index (κ1) is 26.5. The highest BCUT2D eigenvalue weighted by molar-refractivity contribution is 7.80. The van der Waals surface area contributed by atoms with E-state index >= 15 is 0 Å². The van der Waals surface area contributed by atoms with E-state index in [1.54, 1.807) is 0 Å². The van der Waals surface area contributed by atoms with Crippen molar-refractivity contribution in [2.24, 2.45) is 17.8 Å². The Labute approximate surface area is 246 Å². The molecule has 8 rings (SSSR count). The molecule has 208 valence electrons. The first-order chi connectivity index (χ1) is 20.2. The zero-order chi connectivity index (χ0) is 27.6. The van der Waals surface area contributed by atoms with E-state index in [9.17, 15) is 0 Å². The van der Waals surface area contributed by atoms with Gasteiger partial charge in [0.05, 0.1) is 12.8 Å². The van der Waals surface area contributed by atoms with Gasteiger partial charge in [-0.2, -0.15) is 0 Å². The molecule has 0 N–H and O–H groups in total. The minimum Gasteiger partial charge on any atom is -0.495 e. The molecule has 4 fully saturated rings. The van der Waals surface area contributed by atoms with Crippen molar-refractivity contribution in [1.82, 2.24) is 0 Å². The van der Waals surface area contributed by atoms with Crippen LogP contribution in [0.1, 0.15) is 44.1 Å². The number of para-hydroxylation sites is 1. The van der Waals surface area contributed by atoms with Gasteiger partial charge in [0.2, 0.25) is 0 Å². The molecule has 0 spiro atoms. The third-order valence-corrected chi connectivity index (χ3v) is 12.2. The lowest BCUT2D eigenvalue weighted by molar-refractivity contribution is -0.00340. The maximum Gasteiger partial charge on any atom is 0.142 e. The van der Waals surface area contributed by atoms with Gasteiger partial charge in [-0.1, -0.05) is 115 Å². The largest absolute Gasteiger partial charge is 0.495 e. The second-order valence-electron chi connectivity index (χ2n) is 12.4. The van der Waals surface area contributed by atoms with Crippen molar-refractivity contribution >= 4 is 35.6 Å². The summed E-state index contributed by atoms with van der Waals surface area (Å²) in [4.78, 5) is 2.83. The smallest absolute Gasteiger partial charge is 0.142 e. The van der Waals surface area contributed by atoms with Crippen molar-refractivity contribution in [2.45, 2.75) is 44.1 Å². The van der Waals surface area contributed by atoms with E-state index in [0.717, 1.165) is 30.0 Å². The van der Waals surface area contributed by atoms with Gasteiger partial charge in [-0.15, -0.1) is 0 Å². The first-order valence-corrected chi connectivity index (χ1v) is 16.6. The Bertz CT molecular complexity index is 1410. The highest BCUT2D eigenvalue weighted by Crippen LogP contribution is 2.59. The molecule has 4 aliphatic rings. The monoisotopic (exact) mass is 557 g/mol. The lowest BCUT2D eigenvalue weighted by atomic mass is 9.52. The van der Waals surface area contributed by atoms with Crippen LogP contribution in [0.4, 0.5) is 5.69 Å². The summed E-state index contributed by atoms with van der Waals surface area (Å²) < 4.78 is 6.26. The lowest BCUT2D eigenvalue weighted by Gasteiger charge is -2.61. The molecule has 4 aliphatic carbocycles. The van der Waals surface area contributed by atoms with Gasteiger partial charge in [0, 0.05) is 17.4 Å². The summed E-state index contributed by atoms with van der Waals surface area (Å²) in [5.74, 6) is 3.60. The van der Waals surface area contributed by atoms with Crippen LogP contribution in [-0.4, -0.2) is 19.2 Å². The van der Waals surface area contributed by atoms with Crippen LogP contribution < -0.4 is 25.6 Å². The number of hydrogen-bond acceptors (Lipinski definition) is 2. The van der Waals surface area contributed by atoms with Gasteiger partial charge in [0.15, 0.2) is 0 Å². The van der Waals surface area contributed by atoms with Crippen molar-refractivity contribution in [1.29, 1.82) is 0 Å². The van der Waals surface area contributed by atoms with E-state index in [1.165, 1.54) is 65.7 Å². The highest BCUT2D eigenvalue weighted by atomic mass is 31.1. The molecule has 41 heavy (non-hydrogen) atoms. The molecule has 4 saturated carbocycles. The Morgan fingerprint density at radius 2 is 1.24 bits per heavy atom. The van der Waals surface area contributed by atoms with Crippen LogP contribution in [-0.2, 0) is 0 Å². The lowest BCUT2D eigenvalue weighted by Crippen LogP contribution is -2.61. The van der Waals surface area contributed by atoms with E-state index in [4.69, 9.17) is 4.74 Å². The average molecular weight is 558 g/mol. The molecule has 3 heteroatoms. The molecule has 0 heterocycles. The van der Waals surface area contributed by atoms with Gasteiger partial charge in [-0.05, 0) is 86.4 Å². The Hall–Kier alpha value is -3.35. The molecule has 0 saturated heterocycles. The normalized spacial score (nSPS) is 24.7. The fourth-order valence-electron chi connectivity index (χ4n) is 8.48. The summed E-state index contributed by atoms with van der Waals surface area (Å²) in [5, 5.41) is 4.17. The summed E-state index contributed by atoms with van der Waals surface area (Å²) in [6, 6.07) is 39.8. The maximum absolute atomic E-state index is 6.26. The Balaban J connectivity index is 1.40.